The third-order valence-electron chi connectivity index (χ3n) is 5.39. The number of aromatic nitrogens is 2. The first-order valence-corrected chi connectivity index (χ1v) is 9.74. The van der Waals surface area contributed by atoms with Crippen LogP contribution in [-0.2, 0) is 6.18 Å². The smallest absolute Gasteiger partial charge is 0.335 e. The Morgan fingerprint density at radius 3 is 2.33 bits per heavy atom. The highest BCUT2D eigenvalue weighted by Crippen LogP contribution is 2.35. The van der Waals surface area contributed by atoms with Crippen LogP contribution < -0.4 is 5.32 Å². The maximum atomic E-state index is 14.8. The highest BCUT2D eigenvalue weighted by atomic mass is 19.4. The van der Waals surface area contributed by atoms with Gasteiger partial charge in [0.2, 0.25) is 0 Å². The molecule has 6 nitrogen and oxygen atoms in total. The molecule has 30 heavy (non-hydrogen) atoms. The van der Waals surface area contributed by atoms with Crippen LogP contribution in [0.1, 0.15) is 35.6 Å². The van der Waals surface area contributed by atoms with Gasteiger partial charge in [0, 0.05) is 55.7 Å². The minimum Gasteiger partial charge on any atom is -0.335 e. The molecule has 0 bridgehead atoms. The maximum absolute atomic E-state index is 14.8. The summed E-state index contributed by atoms with van der Waals surface area (Å²) in [5, 5.41) is 2.94. The molecule has 160 valence electrons. The van der Waals surface area contributed by atoms with E-state index in [4.69, 9.17) is 0 Å². The molecule has 2 fully saturated rings. The number of hydrogen-bond acceptors (Lipinski definition) is 4. The van der Waals surface area contributed by atoms with Crippen molar-refractivity contribution in [3.63, 3.8) is 0 Å². The van der Waals surface area contributed by atoms with Gasteiger partial charge in [-0.2, -0.15) is 13.2 Å². The van der Waals surface area contributed by atoms with Crippen LogP contribution >= 0.6 is 0 Å². The fraction of sp³-hybridized carbons (Fsp3) is 0.450. The second-order valence-corrected chi connectivity index (χ2v) is 7.56. The van der Waals surface area contributed by atoms with Gasteiger partial charge >= 0.3 is 12.2 Å². The Balaban J connectivity index is 1.57. The van der Waals surface area contributed by atoms with E-state index < -0.39 is 23.6 Å². The Morgan fingerprint density at radius 1 is 1.10 bits per heavy atom. The number of halogens is 4. The lowest BCUT2D eigenvalue weighted by molar-refractivity contribution is -0.137. The molecule has 1 N–H and O–H groups in total. The van der Waals surface area contributed by atoms with Crippen LogP contribution in [0.4, 0.5) is 22.4 Å². The number of nitrogens with one attached hydrogen (secondary N) is 1. The first-order valence-electron chi connectivity index (χ1n) is 9.74. The number of carbonyl (C=O) groups is 1. The Bertz CT molecular complexity index is 896. The molecule has 2 heterocycles. The van der Waals surface area contributed by atoms with Gasteiger partial charge in [-0.15, -0.1) is 0 Å². The SMILES string of the molecule is O=C(NC1CC1)N1CCN(C(c2cncnc2)c2ccc(C(F)(F)F)cc2F)CC1. The molecule has 1 aliphatic carbocycles. The summed E-state index contributed by atoms with van der Waals surface area (Å²) < 4.78 is 53.6. The zero-order chi connectivity index (χ0) is 21.3. The van der Waals surface area contributed by atoms with Gasteiger partial charge in [-0.05, 0) is 25.0 Å². The van der Waals surface area contributed by atoms with Crippen LogP contribution in [0.15, 0.2) is 36.9 Å². The van der Waals surface area contributed by atoms with Crippen molar-refractivity contribution in [1.29, 1.82) is 0 Å². The van der Waals surface area contributed by atoms with Crippen LogP contribution in [0, 0.1) is 5.82 Å². The lowest BCUT2D eigenvalue weighted by Crippen LogP contribution is -2.53. The summed E-state index contributed by atoms with van der Waals surface area (Å²) in [6.07, 6.45) is 1.76. The van der Waals surface area contributed by atoms with Crippen molar-refractivity contribution in [1.82, 2.24) is 25.1 Å². The third kappa shape index (κ3) is 4.53. The summed E-state index contributed by atoms with van der Waals surface area (Å²) in [5.74, 6) is -0.937. The van der Waals surface area contributed by atoms with Crippen molar-refractivity contribution < 1.29 is 22.4 Å². The lowest BCUT2D eigenvalue weighted by atomic mass is 9.96. The second-order valence-electron chi connectivity index (χ2n) is 7.56. The third-order valence-corrected chi connectivity index (χ3v) is 5.39. The zero-order valence-electron chi connectivity index (χ0n) is 16.1. The number of amides is 2. The monoisotopic (exact) mass is 423 g/mol. The van der Waals surface area contributed by atoms with E-state index in [2.05, 4.69) is 15.3 Å². The van der Waals surface area contributed by atoms with Crippen LogP contribution in [-0.4, -0.2) is 58.0 Å². The topological polar surface area (TPSA) is 61.4 Å². The zero-order valence-corrected chi connectivity index (χ0v) is 16.1. The van der Waals surface area contributed by atoms with Crippen LogP contribution in [0.5, 0.6) is 0 Å². The van der Waals surface area contributed by atoms with Crippen molar-refractivity contribution in [3.8, 4) is 0 Å². The van der Waals surface area contributed by atoms with E-state index in [0.717, 1.165) is 18.9 Å². The Labute approximate surface area is 170 Å². The number of carbonyl (C=O) groups excluding carboxylic acids is 1. The number of nitrogens with zero attached hydrogens (tertiary/aromatic N) is 4. The average Bonchev–Trinajstić information content (AvgIpc) is 3.54. The molecule has 1 aromatic heterocycles. The fourth-order valence-corrected chi connectivity index (χ4v) is 3.64. The number of urea groups is 1. The molecule has 2 amide bonds. The molecule has 10 heteroatoms. The first-order chi connectivity index (χ1) is 14.3. The Kier molecular flexibility index (Phi) is 5.59. The van der Waals surface area contributed by atoms with E-state index in [9.17, 15) is 22.4 Å². The highest BCUT2D eigenvalue weighted by Gasteiger charge is 2.35. The largest absolute Gasteiger partial charge is 0.416 e. The minimum absolute atomic E-state index is 0.113. The van der Waals surface area contributed by atoms with Crippen molar-refractivity contribution in [3.05, 3.63) is 59.4 Å². The summed E-state index contributed by atoms with van der Waals surface area (Å²) in [5.41, 5.74) is -0.339. The number of alkyl halides is 3. The van der Waals surface area contributed by atoms with Gasteiger partial charge in [-0.25, -0.2) is 19.2 Å². The molecule has 1 aliphatic heterocycles. The number of rotatable bonds is 4. The van der Waals surface area contributed by atoms with E-state index in [1.165, 1.54) is 24.8 Å². The normalized spacial score (nSPS) is 18.9. The minimum atomic E-state index is -4.62. The van der Waals surface area contributed by atoms with Gasteiger partial charge in [0.1, 0.15) is 12.1 Å². The van der Waals surface area contributed by atoms with E-state index in [0.29, 0.717) is 37.8 Å². The summed E-state index contributed by atoms with van der Waals surface area (Å²) in [6, 6.07) is 2.06. The molecular weight excluding hydrogens is 402 g/mol. The van der Waals surface area contributed by atoms with Crippen molar-refractivity contribution in [2.24, 2.45) is 0 Å². The van der Waals surface area contributed by atoms with E-state index >= 15 is 0 Å². The van der Waals surface area contributed by atoms with Gasteiger partial charge < -0.3 is 10.2 Å². The average molecular weight is 423 g/mol. The summed E-state index contributed by atoms with van der Waals surface area (Å²) in [6.45, 7) is 1.76. The summed E-state index contributed by atoms with van der Waals surface area (Å²) in [4.78, 5) is 23.9. The lowest BCUT2D eigenvalue weighted by Gasteiger charge is -2.39. The molecular formula is C20H21F4N5O. The van der Waals surface area contributed by atoms with Gasteiger partial charge in [-0.1, -0.05) is 6.07 Å². The molecule has 1 saturated carbocycles. The quantitative estimate of drug-likeness (QED) is 0.768. The summed E-state index contributed by atoms with van der Waals surface area (Å²) in [7, 11) is 0. The van der Waals surface area contributed by atoms with Crippen LogP contribution in [0.3, 0.4) is 0 Å². The van der Waals surface area contributed by atoms with Gasteiger partial charge in [0.25, 0.3) is 0 Å². The number of piperazine rings is 1. The van der Waals surface area contributed by atoms with Crippen molar-refractivity contribution >= 4 is 6.03 Å². The molecule has 1 saturated heterocycles. The van der Waals surface area contributed by atoms with Crippen LogP contribution in [0.25, 0.3) is 0 Å². The number of hydrogen-bond donors (Lipinski definition) is 1. The molecule has 0 radical (unpaired) electrons. The molecule has 2 aliphatic rings. The van der Waals surface area contributed by atoms with Crippen LogP contribution in [0.2, 0.25) is 0 Å². The standard InChI is InChI=1S/C20H21F4N5O/c21-17-9-14(20(22,23)24)1-4-16(17)18(13-10-25-12-26-11-13)28-5-7-29(8-6-28)19(30)27-15-2-3-15/h1,4,9-12,15,18H,2-3,5-8H2,(H,27,30). The second kappa shape index (κ2) is 8.17. The molecule has 1 aromatic carbocycles. The van der Waals surface area contributed by atoms with Gasteiger partial charge in [-0.3, -0.25) is 4.90 Å². The highest BCUT2D eigenvalue weighted by molar-refractivity contribution is 5.75. The van der Waals surface area contributed by atoms with E-state index in [1.807, 2.05) is 4.90 Å². The predicted molar refractivity (Wildman–Crippen MR) is 100.0 cm³/mol. The van der Waals surface area contributed by atoms with Gasteiger partial charge in [0.05, 0.1) is 11.6 Å². The Morgan fingerprint density at radius 2 is 1.77 bits per heavy atom. The van der Waals surface area contributed by atoms with E-state index in [1.54, 1.807) is 4.90 Å². The molecule has 1 atom stereocenters. The molecule has 0 spiro atoms. The number of benzene rings is 1. The van der Waals surface area contributed by atoms with Crippen molar-refractivity contribution in [2.45, 2.75) is 31.1 Å². The maximum Gasteiger partial charge on any atom is 0.416 e. The summed E-state index contributed by atoms with van der Waals surface area (Å²) >= 11 is 0. The van der Waals surface area contributed by atoms with Gasteiger partial charge in [0.15, 0.2) is 0 Å². The predicted octanol–water partition coefficient (Wildman–Crippen LogP) is 3.21. The fourth-order valence-electron chi connectivity index (χ4n) is 3.64. The van der Waals surface area contributed by atoms with Crippen molar-refractivity contribution in [2.75, 3.05) is 26.2 Å². The van der Waals surface area contributed by atoms with E-state index in [-0.39, 0.29) is 17.6 Å². The molecule has 1 unspecified atom stereocenters. The Hall–Kier alpha value is -2.75. The molecule has 2 aromatic rings. The first kappa shape index (κ1) is 20.5. The molecule has 4 rings (SSSR count).